The fourth-order valence-corrected chi connectivity index (χ4v) is 6.11. The lowest BCUT2D eigenvalue weighted by Crippen LogP contribution is -2.30. The zero-order valence-electron chi connectivity index (χ0n) is 25.4. The maximum Gasteiger partial charge on any atom is 0.162 e. The largest absolute Gasteiger partial charge is 0.491 e. The molecule has 2 aromatic heterocycles. The number of ether oxygens (including phenoxy) is 2. The summed E-state index contributed by atoms with van der Waals surface area (Å²) in [4.78, 5) is 10.1. The van der Waals surface area contributed by atoms with Crippen LogP contribution in [-0.2, 0) is 10.9 Å². The third-order valence-electron chi connectivity index (χ3n) is 6.84. The molecule has 1 atom stereocenters. The number of aliphatic hydroxyl groups excluding tert-OH is 1. The van der Waals surface area contributed by atoms with E-state index in [-0.39, 0.29) is 18.1 Å². The van der Waals surface area contributed by atoms with Gasteiger partial charge in [0, 0.05) is 36.6 Å². The van der Waals surface area contributed by atoms with E-state index in [1.54, 1.807) is 0 Å². The lowest BCUT2D eigenvalue weighted by atomic mass is 9.89. The van der Waals surface area contributed by atoms with Gasteiger partial charge in [-0.3, -0.25) is 0 Å². The molecule has 0 spiro atoms. The summed E-state index contributed by atoms with van der Waals surface area (Å²) >= 11 is 0. The summed E-state index contributed by atoms with van der Waals surface area (Å²) in [5, 5.41) is 23.1. The molecule has 1 aromatic carbocycles. The molecule has 0 bridgehead atoms. The number of nitrogens with zero attached hydrogens (tertiary/aromatic N) is 5. The highest BCUT2D eigenvalue weighted by Crippen LogP contribution is 2.33. The molecule has 40 heavy (non-hydrogen) atoms. The van der Waals surface area contributed by atoms with Gasteiger partial charge in [-0.25, -0.2) is 14.6 Å². The van der Waals surface area contributed by atoms with Crippen LogP contribution in [0.2, 0.25) is 19.6 Å². The lowest BCUT2D eigenvalue weighted by molar-refractivity contribution is 0.0710. The zero-order valence-corrected chi connectivity index (χ0v) is 26.4. The number of rotatable bonds is 10. The van der Waals surface area contributed by atoms with Gasteiger partial charge >= 0.3 is 0 Å². The molecule has 218 valence electrons. The van der Waals surface area contributed by atoms with Crippen LogP contribution in [0.3, 0.4) is 0 Å². The van der Waals surface area contributed by atoms with Crippen molar-refractivity contribution in [3.8, 4) is 28.5 Å². The Hall–Kier alpha value is -2.82. The minimum Gasteiger partial charge on any atom is -0.491 e. The van der Waals surface area contributed by atoms with Gasteiger partial charge in [0.1, 0.15) is 23.9 Å². The van der Waals surface area contributed by atoms with Crippen molar-refractivity contribution in [3.05, 3.63) is 35.5 Å². The Morgan fingerprint density at radius 2 is 1.88 bits per heavy atom. The van der Waals surface area contributed by atoms with Gasteiger partial charge in [-0.15, -0.1) is 5.10 Å². The SMILES string of the molecule is Cc1nnn(C[Si](C)(C)C)c1-c1nc(-c2cccc(OCC(O)CC(C)(C)C)c2)nc(NC2CCOCC2)c1C. The highest BCUT2D eigenvalue weighted by molar-refractivity contribution is 6.74. The Labute approximate surface area is 239 Å². The molecule has 1 fully saturated rings. The van der Waals surface area contributed by atoms with E-state index in [4.69, 9.17) is 19.4 Å². The number of nitrogens with one attached hydrogen (secondary N) is 1. The number of aliphatic hydroxyl groups is 1. The summed E-state index contributed by atoms with van der Waals surface area (Å²) in [7, 11) is -1.48. The van der Waals surface area contributed by atoms with Crippen molar-refractivity contribution in [1.29, 1.82) is 0 Å². The van der Waals surface area contributed by atoms with Crippen LogP contribution in [0.1, 0.15) is 51.3 Å². The molecule has 1 unspecified atom stereocenters. The van der Waals surface area contributed by atoms with E-state index in [1.807, 2.05) is 35.9 Å². The molecule has 1 saturated heterocycles. The van der Waals surface area contributed by atoms with Gasteiger partial charge < -0.3 is 19.9 Å². The number of benzene rings is 1. The third kappa shape index (κ3) is 8.11. The van der Waals surface area contributed by atoms with Crippen LogP contribution in [0.25, 0.3) is 22.8 Å². The number of hydrogen-bond acceptors (Lipinski definition) is 8. The maximum atomic E-state index is 10.5. The summed E-state index contributed by atoms with van der Waals surface area (Å²) in [5.74, 6) is 2.10. The van der Waals surface area contributed by atoms with Gasteiger partial charge in [0.05, 0.1) is 25.6 Å². The molecule has 0 aliphatic carbocycles. The molecule has 10 heteroatoms. The van der Waals surface area contributed by atoms with Gasteiger partial charge in [-0.1, -0.05) is 57.8 Å². The normalized spacial score (nSPS) is 15.7. The number of aryl methyl sites for hydroxylation is 1. The van der Waals surface area contributed by atoms with E-state index in [0.29, 0.717) is 18.0 Å². The maximum absolute atomic E-state index is 10.5. The van der Waals surface area contributed by atoms with Crippen molar-refractivity contribution < 1.29 is 14.6 Å². The number of aromatic nitrogens is 5. The molecule has 3 heterocycles. The Kier molecular flexibility index (Phi) is 9.32. The van der Waals surface area contributed by atoms with Gasteiger partial charge in [0.25, 0.3) is 0 Å². The molecule has 4 rings (SSSR count). The van der Waals surface area contributed by atoms with E-state index in [9.17, 15) is 5.11 Å². The first kappa shape index (κ1) is 30.1. The molecule has 9 nitrogen and oxygen atoms in total. The van der Waals surface area contributed by atoms with Crippen LogP contribution in [0, 0.1) is 19.3 Å². The molecular weight excluding hydrogens is 520 g/mol. The molecule has 2 N–H and O–H groups in total. The molecule has 0 amide bonds. The second kappa shape index (κ2) is 12.4. The summed E-state index contributed by atoms with van der Waals surface area (Å²) in [5.41, 5.74) is 4.49. The van der Waals surface area contributed by atoms with Crippen molar-refractivity contribution in [1.82, 2.24) is 25.0 Å². The highest BCUT2D eigenvalue weighted by atomic mass is 28.3. The van der Waals surface area contributed by atoms with Gasteiger partial charge in [0.15, 0.2) is 5.82 Å². The summed E-state index contributed by atoms with van der Waals surface area (Å²) in [6.07, 6.45) is 2.84. The minimum absolute atomic E-state index is 0.0274. The van der Waals surface area contributed by atoms with Crippen LogP contribution in [0.5, 0.6) is 5.75 Å². The van der Waals surface area contributed by atoms with Crippen molar-refractivity contribution in [2.24, 2.45) is 5.41 Å². The Morgan fingerprint density at radius 3 is 2.55 bits per heavy atom. The summed E-state index contributed by atoms with van der Waals surface area (Å²) < 4.78 is 13.6. The minimum atomic E-state index is -1.48. The second-order valence-electron chi connectivity index (χ2n) is 13.4. The van der Waals surface area contributed by atoms with Gasteiger partial charge in [0.2, 0.25) is 0 Å². The van der Waals surface area contributed by atoms with E-state index in [1.165, 1.54) is 0 Å². The van der Waals surface area contributed by atoms with Crippen LogP contribution in [0.4, 0.5) is 5.82 Å². The third-order valence-corrected chi connectivity index (χ3v) is 8.09. The molecule has 0 saturated carbocycles. The van der Waals surface area contributed by atoms with Crippen LogP contribution >= 0.6 is 0 Å². The summed E-state index contributed by atoms with van der Waals surface area (Å²) in [6.45, 7) is 19.1. The van der Waals surface area contributed by atoms with Crippen molar-refractivity contribution in [3.63, 3.8) is 0 Å². The molecule has 1 aliphatic heterocycles. The van der Waals surface area contributed by atoms with Crippen LogP contribution in [-0.4, -0.2) is 70.1 Å². The van der Waals surface area contributed by atoms with Crippen LogP contribution in [0.15, 0.2) is 24.3 Å². The van der Waals surface area contributed by atoms with E-state index < -0.39 is 14.2 Å². The first-order valence-electron chi connectivity index (χ1n) is 14.3. The van der Waals surface area contributed by atoms with E-state index in [2.05, 4.69) is 63.0 Å². The number of anilines is 1. The number of hydrogen-bond donors (Lipinski definition) is 2. The molecular formula is C30H46N6O3Si. The Bertz CT molecular complexity index is 1290. The van der Waals surface area contributed by atoms with Gasteiger partial charge in [-0.05, 0) is 50.7 Å². The zero-order chi connectivity index (χ0) is 29.1. The first-order chi connectivity index (χ1) is 18.8. The fraction of sp³-hybridized carbons (Fsp3) is 0.600. The van der Waals surface area contributed by atoms with Crippen LogP contribution < -0.4 is 10.1 Å². The van der Waals surface area contributed by atoms with E-state index >= 15 is 0 Å². The first-order valence-corrected chi connectivity index (χ1v) is 18.0. The fourth-order valence-electron chi connectivity index (χ4n) is 4.99. The molecule has 3 aromatic rings. The van der Waals surface area contributed by atoms with Crippen molar-refractivity contribution >= 4 is 13.9 Å². The van der Waals surface area contributed by atoms with Crippen molar-refractivity contribution in [2.75, 3.05) is 25.1 Å². The Balaban J connectivity index is 1.72. The van der Waals surface area contributed by atoms with E-state index in [0.717, 1.165) is 66.2 Å². The molecule has 0 radical (unpaired) electrons. The smallest absolute Gasteiger partial charge is 0.162 e. The quantitative estimate of drug-likeness (QED) is 0.303. The highest BCUT2D eigenvalue weighted by Gasteiger charge is 2.25. The van der Waals surface area contributed by atoms with Gasteiger partial charge in [-0.2, -0.15) is 0 Å². The average molecular weight is 567 g/mol. The predicted molar refractivity (Wildman–Crippen MR) is 162 cm³/mol. The molecule has 1 aliphatic rings. The standard InChI is InChI=1S/C30H46N6O3Si/c1-20-26(27-21(2)34-35-36(27)19-40(6,7)8)32-29(33-28(20)31-23-12-14-38-15-13-23)22-10-9-11-25(16-22)39-18-24(37)17-30(3,4)5/h9-11,16,23-24,37H,12-15,17-19H2,1-8H3,(H,31,32,33). The monoisotopic (exact) mass is 566 g/mol. The second-order valence-corrected chi connectivity index (χ2v) is 18.8. The predicted octanol–water partition coefficient (Wildman–Crippen LogP) is 5.66. The van der Waals surface area contributed by atoms with Crippen molar-refractivity contribution in [2.45, 2.75) is 91.8 Å². The lowest BCUT2D eigenvalue weighted by Gasteiger charge is -2.25. The topological polar surface area (TPSA) is 107 Å². The Morgan fingerprint density at radius 1 is 1.15 bits per heavy atom. The summed E-state index contributed by atoms with van der Waals surface area (Å²) in [6, 6.07) is 8.07. The average Bonchev–Trinajstić information content (AvgIpc) is 3.22.